The van der Waals surface area contributed by atoms with Gasteiger partial charge in [-0.2, -0.15) is 0 Å². The number of carbonyl (C=O) groups excluding carboxylic acids is 3. The minimum Gasteiger partial charge on any atom is -0.467 e. The molecule has 2 aromatic carbocycles. The van der Waals surface area contributed by atoms with Crippen molar-refractivity contribution in [1.29, 1.82) is 0 Å². The lowest BCUT2D eigenvalue weighted by Crippen LogP contribution is -2.47. The van der Waals surface area contributed by atoms with E-state index in [9.17, 15) is 18.8 Å². The van der Waals surface area contributed by atoms with Gasteiger partial charge >= 0.3 is 12.0 Å². The lowest BCUT2D eigenvalue weighted by Gasteiger charge is -2.29. The fourth-order valence-corrected chi connectivity index (χ4v) is 6.37. The number of carbonyl (C=O) groups is 3. The number of nitrogens with one attached hydrogen (secondary N) is 3. The molecule has 0 unspecified atom stereocenters. The largest absolute Gasteiger partial charge is 0.467 e. The number of thiophene rings is 1. The SMILES string of the molecule is COC(=O)[C@@H](NC(=O)c1cc(-c2ccc(F)cc2C)sc1NC(=O)Nc1c(Cl)cccc1Cl)C1CCCCC1. The topological polar surface area (TPSA) is 96.5 Å². The van der Waals surface area contributed by atoms with Crippen LogP contribution in [0, 0.1) is 18.7 Å². The smallest absolute Gasteiger partial charge is 0.328 e. The third-order valence-electron chi connectivity index (χ3n) is 6.72. The van der Waals surface area contributed by atoms with E-state index < -0.39 is 23.9 Å². The van der Waals surface area contributed by atoms with Crippen LogP contribution in [-0.4, -0.2) is 31.1 Å². The average Bonchev–Trinajstić information content (AvgIpc) is 3.32. The van der Waals surface area contributed by atoms with Crippen LogP contribution >= 0.6 is 34.5 Å². The number of benzene rings is 2. The number of halogens is 3. The van der Waals surface area contributed by atoms with Crippen LogP contribution in [0.15, 0.2) is 42.5 Å². The molecule has 1 saturated carbocycles. The Kier molecular flexibility index (Phi) is 9.48. The van der Waals surface area contributed by atoms with Gasteiger partial charge in [-0.1, -0.05) is 54.6 Å². The molecule has 1 heterocycles. The summed E-state index contributed by atoms with van der Waals surface area (Å²) in [5.41, 5.74) is 1.74. The van der Waals surface area contributed by atoms with Crippen molar-refractivity contribution >= 4 is 63.1 Å². The van der Waals surface area contributed by atoms with Crippen LogP contribution in [-0.2, 0) is 9.53 Å². The molecule has 0 radical (unpaired) electrons. The van der Waals surface area contributed by atoms with Gasteiger partial charge in [0.25, 0.3) is 5.91 Å². The number of hydrogen-bond donors (Lipinski definition) is 3. The van der Waals surface area contributed by atoms with E-state index >= 15 is 0 Å². The summed E-state index contributed by atoms with van der Waals surface area (Å²) >= 11 is 13.5. The summed E-state index contributed by atoms with van der Waals surface area (Å²) in [6.07, 6.45) is 4.63. The first-order valence-electron chi connectivity index (χ1n) is 12.5. The van der Waals surface area contributed by atoms with E-state index in [4.69, 9.17) is 27.9 Å². The van der Waals surface area contributed by atoms with Crippen molar-refractivity contribution in [3.8, 4) is 10.4 Å². The van der Waals surface area contributed by atoms with E-state index in [-0.39, 0.29) is 38.0 Å². The summed E-state index contributed by atoms with van der Waals surface area (Å²) in [6.45, 7) is 1.76. The first-order valence-corrected chi connectivity index (χ1v) is 14.1. The molecule has 3 aromatic rings. The second-order valence-electron chi connectivity index (χ2n) is 9.36. The maximum absolute atomic E-state index is 13.8. The average molecular weight is 593 g/mol. The molecule has 1 fully saturated rings. The second-order valence-corrected chi connectivity index (χ2v) is 11.2. The number of methoxy groups -OCH3 is 1. The Balaban J connectivity index is 1.66. The Bertz CT molecular complexity index is 1370. The number of anilines is 2. The van der Waals surface area contributed by atoms with Gasteiger partial charge in [0.05, 0.1) is 28.4 Å². The monoisotopic (exact) mass is 591 g/mol. The second kappa shape index (κ2) is 12.8. The first kappa shape index (κ1) is 28.9. The molecule has 0 bridgehead atoms. The Morgan fingerprint density at radius 2 is 1.72 bits per heavy atom. The summed E-state index contributed by atoms with van der Waals surface area (Å²) in [5.74, 6) is -1.48. The van der Waals surface area contributed by atoms with Crippen LogP contribution < -0.4 is 16.0 Å². The van der Waals surface area contributed by atoms with Crippen LogP contribution in [0.1, 0.15) is 48.0 Å². The first-order chi connectivity index (χ1) is 18.7. The van der Waals surface area contributed by atoms with Crippen molar-refractivity contribution in [2.75, 3.05) is 17.7 Å². The summed E-state index contributed by atoms with van der Waals surface area (Å²) in [4.78, 5) is 39.8. The summed E-state index contributed by atoms with van der Waals surface area (Å²) in [7, 11) is 1.29. The van der Waals surface area contributed by atoms with Crippen molar-refractivity contribution in [2.24, 2.45) is 5.92 Å². The fraction of sp³-hybridized carbons (Fsp3) is 0.321. The number of para-hydroxylation sites is 1. The molecule has 1 aromatic heterocycles. The molecule has 0 aliphatic heterocycles. The zero-order chi connectivity index (χ0) is 28.1. The van der Waals surface area contributed by atoms with Crippen molar-refractivity contribution in [3.63, 3.8) is 0 Å². The van der Waals surface area contributed by atoms with E-state index in [1.165, 1.54) is 19.2 Å². The number of hydrogen-bond acceptors (Lipinski definition) is 5. The van der Waals surface area contributed by atoms with Crippen LogP contribution in [0.3, 0.4) is 0 Å². The summed E-state index contributed by atoms with van der Waals surface area (Å²) < 4.78 is 18.8. The van der Waals surface area contributed by atoms with E-state index in [1.807, 2.05) is 0 Å². The number of amides is 3. The van der Waals surface area contributed by atoms with Gasteiger partial charge in [0.2, 0.25) is 0 Å². The highest BCUT2D eigenvalue weighted by molar-refractivity contribution is 7.20. The Morgan fingerprint density at radius 3 is 2.36 bits per heavy atom. The Morgan fingerprint density at radius 1 is 1.03 bits per heavy atom. The molecule has 3 amide bonds. The molecule has 1 aliphatic rings. The van der Waals surface area contributed by atoms with Crippen LogP contribution in [0.5, 0.6) is 0 Å². The van der Waals surface area contributed by atoms with Gasteiger partial charge in [0.15, 0.2) is 0 Å². The minimum atomic E-state index is -0.817. The highest BCUT2D eigenvalue weighted by atomic mass is 35.5. The quantitative estimate of drug-likeness (QED) is 0.246. The predicted molar refractivity (Wildman–Crippen MR) is 153 cm³/mol. The number of ether oxygens (including phenoxy) is 1. The molecule has 4 rings (SSSR count). The maximum Gasteiger partial charge on any atom is 0.328 e. The molecular weight excluding hydrogens is 564 g/mol. The van der Waals surface area contributed by atoms with Crippen LogP contribution in [0.2, 0.25) is 10.0 Å². The van der Waals surface area contributed by atoms with Gasteiger partial charge in [-0.25, -0.2) is 14.0 Å². The molecule has 1 aliphatic carbocycles. The molecule has 11 heteroatoms. The van der Waals surface area contributed by atoms with E-state index in [0.717, 1.165) is 43.4 Å². The van der Waals surface area contributed by atoms with Gasteiger partial charge < -0.3 is 15.4 Å². The molecule has 1 atom stereocenters. The molecule has 0 spiro atoms. The van der Waals surface area contributed by atoms with E-state index in [1.54, 1.807) is 37.3 Å². The lowest BCUT2D eigenvalue weighted by molar-refractivity contribution is -0.144. The lowest BCUT2D eigenvalue weighted by atomic mass is 9.83. The summed E-state index contributed by atoms with van der Waals surface area (Å²) in [6, 6.07) is 9.29. The number of esters is 1. The molecule has 206 valence electrons. The Labute approximate surface area is 240 Å². The highest BCUT2D eigenvalue weighted by Crippen LogP contribution is 2.38. The van der Waals surface area contributed by atoms with Gasteiger partial charge in [-0.3, -0.25) is 10.1 Å². The minimum absolute atomic E-state index is 0.0466. The fourth-order valence-electron chi connectivity index (χ4n) is 4.74. The maximum atomic E-state index is 13.8. The van der Waals surface area contributed by atoms with Crippen molar-refractivity contribution in [3.05, 3.63) is 69.5 Å². The molecule has 0 saturated heterocycles. The zero-order valence-corrected chi connectivity index (χ0v) is 23.7. The van der Waals surface area contributed by atoms with Gasteiger partial charge in [0.1, 0.15) is 16.9 Å². The van der Waals surface area contributed by atoms with Crippen LogP contribution in [0.25, 0.3) is 10.4 Å². The predicted octanol–water partition coefficient (Wildman–Crippen LogP) is 7.67. The highest BCUT2D eigenvalue weighted by Gasteiger charge is 2.33. The van der Waals surface area contributed by atoms with Crippen molar-refractivity contribution in [1.82, 2.24) is 5.32 Å². The van der Waals surface area contributed by atoms with Gasteiger partial charge in [0, 0.05) is 4.88 Å². The van der Waals surface area contributed by atoms with Crippen molar-refractivity contribution < 1.29 is 23.5 Å². The van der Waals surface area contributed by atoms with Crippen LogP contribution in [0.4, 0.5) is 19.9 Å². The molecule has 7 nitrogen and oxygen atoms in total. The summed E-state index contributed by atoms with van der Waals surface area (Å²) in [5, 5.41) is 8.90. The van der Waals surface area contributed by atoms with Crippen molar-refractivity contribution in [2.45, 2.75) is 45.1 Å². The number of urea groups is 1. The number of aryl methyl sites for hydroxylation is 1. The third kappa shape index (κ3) is 6.90. The van der Waals surface area contributed by atoms with E-state index in [2.05, 4.69) is 16.0 Å². The van der Waals surface area contributed by atoms with E-state index in [0.29, 0.717) is 16.0 Å². The van der Waals surface area contributed by atoms with Gasteiger partial charge in [-0.05, 0) is 67.1 Å². The Hall–Kier alpha value is -3.14. The normalized spacial score (nSPS) is 14.4. The molecule has 3 N–H and O–H groups in total. The number of rotatable bonds is 7. The third-order valence-corrected chi connectivity index (χ3v) is 8.44. The standard InChI is InChI=1S/C28H28Cl2FN3O4S/c1-15-13-17(31)11-12-18(15)22-14-19(25(35)32-23(27(36)38-2)16-7-4-3-5-8-16)26(39-22)34-28(37)33-24-20(29)9-6-10-21(24)30/h6,9-14,16,23H,3-5,7-8H2,1-2H3,(H,32,35)(H2,33,34,37)/t23-/m0/s1. The molecule has 39 heavy (non-hydrogen) atoms. The zero-order valence-electron chi connectivity index (χ0n) is 21.4. The van der Waals surface area contributed by atoms with Gasteiger partial charge in [-0.15, -0.1) is 11.3 Å². The molecular formula is C28H28Cl2FN3O4S.